The van der Waals surface area contributed by atoms with Gasteiger partial charge >= 0.3 is 6.09 Å². The summed E-state index contributed by atoms with van der Waals surface area (Å²) in [5.74, 6) is 0.629. The maximum absolute atomic E-state index is 12.9. The minimum Gasteiger partial charge on any atom is -0.497 e. The Hall–Kier alpha value is -2.00. The van der Waals surface area contributed by atoms with E-state index in [1.807, 2.05) is 6.92 Å². The van der Waals surface area contributed by atoms with Gasteiger partial charge in [0, 0.05) is 24.7 Å². The number of carbonyl (C=O) groups is 1. The van der Waals surface area contributed by atoms with E-state index in [-0.39, 0.29) is 23.2 Å². The van der Waals surface area contributed by atoms with Crippen LogP contribution in [0.3, 0.4) is 0 Å². The number of hydrogen-bond acceptors (Lipinski definition) is 6. The average Bonchev–Trinajstić information content (AvgIpc) is 2.92. The molecule has 1 fully saturated rings. The van der Waals surface area contributed by atoms with Crippen LogP contribution in [0.25, 0.3) is 0 Å². The van der Waals surface area contributed by atoms with E-state index in [9.17, 15) is 13.2 Å². The molecule has 0 aliphatic carbocycles. The van der Waals surface area contributed by atoms with Crippen molar-refractivity contribution in [3.63, 3.8) is 0 Å². The van der Waals surface area contributed by atoms with Gasteiger partial charge in [0.25, 0.3) is 0 Å². The molecule has 0 bridgehead atoms. The van der Waals surface area contributed by atoms with Gasteiger partial charge in [-0.3, -0.25) is 0 Å². The van der Waals surface area contributed by atoms with E-state index in [0.29, 0.717) is 12.2 Å². The number of ether oxygens (including phenoxy) is 3. The van der Waals surface area contributed by atoms with Gasteiger partial charge in [-0.25, -0.2) is 17.9 Å². The van der Waals surface area contributed by atoms with E-state index in [1.54, 1.807) is 31.7 Å². The Kier molecular flexibility index (Phi) is 6.26. The highest BCUT2D eigenvalue weighted by Crippen LogP contribution is 2.29. The van der Waals surface area contributed by atoms with E-state index in [0.717, 1.165) is 0 Å². The van der Waals surface area contributed by atoms with Crippen LogP contribution in [0.2, 0.25) is 0 Å². The molecular formula is C18H28N2O6S. The maximum Gasteiger partial charge on any atom is 0.410 e. The molecule has 0 spiro atoms. The number of methoxy groups -OCH3 is 2. The molecule has 27 heavy (non-hydrogen) atoms. The summed E-state index contributed by atoms with van der Waals surface area (Å²) < 4.78 is 44.1. The third-order valence-corrected chi connectivity index (χ3v) is 5.73. The van der Waals surface area contributed by atoms with E-state index in [1.165, 1.54) is 26.4 Å². The topological polar surface area (TPSA) is 94.2 Å². The van der Waals surface area contributed by atoms with E-state index >= 15 is 0 Å². The first-order valence-corrected chi connectivity index (χ1v) is 10.2. The number of rotatable bonds is 5. The second kappa shape index (κ2) is 7.93. The molecule has 8 nitrogen and oxygen atoms in total. The third kappa shape index (κ3) is 5.26. The van der Waals surface area contributed by atoms with E-state index in [2.05, 4.69) is 4.72 Å². The first kappa shape index (κ1) is 21.3. The number of nitrogens with zero attached hydrogens (tertiary/aromatic N) is 1. The summed E-state index contributed by atoms with van der Waals surface area (Å²) in [6, 6.07) is 4.01. The van der Waals surface area contributed by atoms with E-state index < -0.39 is 27.8 Å². The third-order valence-electron chi connectivity index (χ3n) is 4.18. The lowest BCUT2D eigenvalue weighted by atomic mass is 10.2. The predicted octanol–water partition coefficient (Wildman–Crippen LogP) is 2.38. The summed E-state index contributed by atoms with van der Waals surface area (Å²) >= 11 is 0. The van der Waals surface area contributed by atoms with Crippen LogP contribution in [0, 0.1) is 0 Å². The molecule has 2 atom stereocenters. The van der Waals surface area contributed by atoms with Gasteiger partial charge in [-0.15, -0.1) is 0 Å². The fraction of sp³-hybridized carbons (Fsp3) is 0.611. The molecule has 0 radical (unpaired) electrons. The van der Waals surface area contributed by atoms with Gasteiger partial charge in [-0.1, -0.05) is 0 Å². The van der Waals surface area contributed by atoms with Crippen LogP contribution in [-0.4, -0.2) is 57.9 Å². The number of nitrogens with one attached hydrogen (secondary N) is 1. The molecule has 1 aromatic carbocycles. The molecule has 0 saturated carbocycles. The van der Waals surface area contributed by atoms with Crippen molar-refractivity contribution in [1.82, 2.24) is 9.62 Å². The Morgan fingerprint density at radius 2 is 1.89 bits per heavy atom. The van der Waals surface area contributed by atoms with Crippen molar-refractivity contribution in [3.05, 3.63) is 18.2 Å². The summed E-state index contributed by atoms with van der Waals surface area (Å²) in [7, 11) is -0.994. The molecule has 2 rings (SSSR count). The van der Waals surface area contributed by atoms with Gasteiger partial charge in [0.2, 0.25) is 10.0 Å². The molecule has 1 saturated heterocycles. The second-order valence-corrected chi connectivity index (χ2v) is 9.23. The van der Waals surface area contributed by atoms with Crippen LogP contribution in [-0.2, 0) is 14.8 Å². The highest BCUT2D eigenvalue weighted by Gasteiger charge is 2.37. The Morgan fingerprint density at radius 3 is 2.44 bits per heavy atom. The van der Waals surface area contributed by atoms with Crippen LogP contribution in [0.15, 0.2) is 23.1 Å². The minimum atomic E-state index is -3.86. The highest BCUT2D eigenvalue weighted by atomic mass is 32.2. The fourth-order valence-electron chi connectivity index (χ4n) is 2.97. The van der Waals surface area contributed by atoms with Gasteiger partial charge in [0.15, 0.2) is 0 Å². The van der Waals surface area contributed by atoms with Crippen LogP contribution in [0.1, 0.15) is 34.1 Å². The molecule has 1 N–H and O–H groups in total. The largest absolute Gasteiger partial charge is 0.497 e. The fourth-order valence-corrected chi connectivity index (χ4v) is 4.39. The molecule has 0 unspecified atom stereocenters. The van der Waals surface area contributed by atoms with Crippen LogP contribution in [0.5, 0.6) is 11.5 Å². The number of likely N-dealkylation sites (tertiary alicyclic amines) is 1. The highest BCUT2D eigenvalue weighted by molar-refractivity contribution is 7.89. The number of benzene rings is 1. The first-order chi connectivity index (χ1) is 12.5. The smallest absolute Gasteiger partial charge is 0.410 e. The zero-order valence-electron chi connectivity index (χ0n) is 16.6. The van der Waals surface area contributed by atoms with Gasteiger partial charge in [0.05, 0.1) is 14.2 Å². The zero-order chi connectivity index (χ0) is 20.4. The Morgan fingerprint density at radius 1 is 1.22 bits per heavy atom. The summed E-state index contributed by atoms with van der Waals surface area (Å²) in [6.07, 6.45) is 0.0424. The lowest BCUT2D eigenvalue weighted by molar-refractivity contribution is 0.0236. The number of hydrogen-bond donors (Lipinski definition) is 1. The lowest BCUT2D eigenvalue weighted by Gasteiger charge is -2.27. The number of amides is 1. The van der Waals surface area contributed by atoms with Crippen molar-refractivity contribution in [2.45, 2.75) is 56.7 Å². The van der Waals surface area contributed by atoms with Gasteiger partial charge in [-0.2, -0.15) is 0 Å². The molecule has 152 valence electrons. The molecule has 0 aromatic heterocycles. The van der Waals surface area contributed by atoms with Crippen molar-refractivity contribution in [2.24, 2.45) is 0 Å². The standard InChI is InChI=1S/C18H28N2O6S/c1-12-9-13(11-20(12)17(21)26-18(2,3)4)19-27(22,23)16-10-14(24-5)7-8-15(16)25-6/h7-8,10,12-13,19H,9,11H2,1-6H3/t12-,13+/m0/s1. The SMILES string of the molecule is COc1ccc(OC)c(S(=O)(=O)N[C@@H]2C[C@H](C)N(C(=O)OC(C)(C)C)C2)c1. The molecular weight excluding hydrogens is 372 g/mol. The minimum absolute atomic E-state index is 0.00674. The lowest BCUT2D eigenvalue weighted by Crippen LogP contribution is -2.41. The second-order valence-electron chi connectivity index (χ2n) is 7.55. The quantitative estimate of drug-likeness (QED) is 0.816. The average molecular weight is 400 g/mol. The van der Waals surface area contributed by atoms with Gasteiger partial charge < -0.3 is 19.1 Å². The maximum atomic E-state index is 12.9. The molecule has 1 aliphatic rings. The summed E-state index contributed by atoms with van der Waals surface area (Å²) in [6.45, 7) is 7.48. The van der Waals surface area contributed by atoms with Crippen molar-refractivity contribution >= 4 is 16.1 Å². The van der Waals surface area contributed by atoms with Crippen molar-refractivity contribution in [1.29, 1.82) is 0 Å². The molecule has 1 amide bonds. The predicted molar refractivity (Wildman–Crippen MR) is 101 cm³/mol. The molecule has 1 aromatic rings. The Balaban J connectivity index is 2.16. The monoisotopic (exact) mass is 400 g/mol. The van der Waals surface area contributed by atoms with Crippen molar-refractivity contribution in [3.8, 4) is 11.5 Å². The van der Waals surface area contributed by atoms with Crippen molar-refractivity contribution in [2.75, 3.05) is 20.8 Å². The zero-order valence-corrected chi connectivity index (χ0v) is 17.4. The molecule has 9 heteroatoms. The number of carbonyl (C=O) groups excluding carboxylic acids is 1. The molecule has 1 heterocycles. The first-order valence-electron chi connectivity index (χ1n) is 8.71. The summed E-state index contributed by atoms with van der Waals surface area (Å²) in [5, 5.41) is 0. The van der Waals surface area contributed by atoms with Crippen LogP contribution >= 0.6 is 0 Å². The Labute approximate surface area is 160 Å². The summed E-state index contributed by atoms with van der Waals surface area (Å²) in [5.41, 5.74) is -0.609. The van der Waals surface area contributed by atoms with Crippen LogP contribution < -0.4 is 14.2 Å². The number of sulfonamides is 1. The summed E-state index contributed by atoms with van der Waals surface area (Å²) in [4.78, 5) is 13.9. The van der Waals surface area contributed by atoms with E-state index in [4.69, 9.17) is 14.2 Å². The van der Waals surface area contributed by atoms with Gasteiger partial charge in [-0.05, 0) is 46.2 Å². The van der Waals surface area contributed by atoms with Gasteiger partial charge in [0.1, 0.15) is 22.0 Å². The Bertz CT molecular complexity index is 788. The van der Waals surface area contributed by atoms with Crippen LogP contribution in [0.4, 0.5) is 4.79 Å². The van der Waals surface area contributed by atoms with Crippen molar-refractivity contribution < 1.29 is 27.4 Å². The molecule has 1 aliphatic heterocycles. The normalized spacial score (nSPS) is 20.4.